The molecule has 0 aromatic rings. The van der Waals surface area contributed by atoms with Gasteiger partial charge in [-0.05, 0) is 51.4 Å². The monoisotopic (exact) mass is 292 g/mol. The third kappa shape index (κ3) is 3.99. The molecule has 3 heteroatoms. The van der Waals surface area contributed by atoms with Gasteiger partial charge in [0.25, 0.3) is 0 Å². The first-order valence-electron chi connectivity index (χ1n) is 8.44. The molecule has 0 radical (unpaired) electrons. The molecule has 0 spiro atoms. The Hall–Kier alpha value is -0.590. The fourth-order valence-corrected chi connectivity index (χ4v) is 4.24. The Morgan fingerprint density at radius 3 is 2.43 bits per heavy atom. The van der Waals surface area contributed by atoms with E-state index in [4.69, 9.17) is 4.74 Å². The molecule has 1 aliphatic heterocycles. The fourth-order valence-electron chi connectivity index (χ4n) is 4.24. The summed E-state index contributed by atoms with van der Waals surface area (Å²) in [5, 5.41) is 9.57. The van der Waals surface area contributed by atoms with Crippen LogP contribution in [0.3, 0.4) is 0 Å². The van der Waals surface area contributed by atoms with Crippen LogP contribution in [0.5, 0.6) is 0 Å². The van der Waals surface area contributed by atoms with Crippen molar-refractivity contribution in [1.29, 1.82) is 5.26 Å². The van der Waals surface area contributed by atoms with Gasteiger partial charge >= 0.3 is 0 Å². The normalized spacial score (nSPS) is 38.0. The lowest BCUT2D eigenvalue weighted by Crippen LogP contribution is -2.58. The lowest BCUT2D eigenvalue weighted by molar-refractivity contribution is -0.146. The Morgan fingerprint density at radius 2 is 1.90 bits per heavy atom. The predicted molar refractivity (Wildman–Crippen MR) is 85.9 cm³/mol. The van der Waals surface area contributed by atoms with Gasteiger partial charge in [-0.1, -0.05) is 20.8 Å². The van der Waals surface area contributed by atoms with Gasteiger partial charge in [-0.15, -0.1) is 0 Å². The van der Waals surface area contributed by atoms with E-state index >= 15 is 0 Å². The average molecular weight is 292 g/mol. The molecule has 0 bridgehead atoms. The second-order valence-electron chi connectivity index (χ2n) is 8.80. The summed E-state index contributed by atoms with van der Waals surface area (Å²) in [7, 11) is 0. The second kappa shape index (κ2) is 5.89. The maximum atomic E-state index is 9.57. The fraction of sp³-hybridized carbons (Fsp3) is 0.944. The molecule has 2 rings (SSSR count). The minimum Gasteiger partial charge on any atom is -0.370 e. The molecule has 0 N–H and O–H groups in total. The first kappa shape index (κ1) is 16.8. The van der Waals surface area contributed by atoms with Crippen LogP contribution in [0.2, 0.25) is 0 Å². The van der Waals surface area contributed by atoms with Crippen molar-refractivity contribution >= 4 is 0 Å². The van der Waals surface area contributed by atoms with E-state index in [0.717, 1.165) is 25.9 Å². The molecule has 1 heterocycles. The molecule has 0 aromatic heterocycles. The highest BCUT2D eigenvalue weighted by molar-refractivity contribution is 5.01. The largest absolute Gasteiger partial charge is 0.370 e. The molecule has 1 saturated heterocycles. The zero-order valence-electron chi connectivity index (χ0n) is 14.6. The molecule has 0 aromatic carbocycles. The Bertz CT molecular complexity index is 404. The maximum Gasteiger partial charge on any atom is 0.0757 e. The van der Waals surface area contributed by atoms with E-state index in [-0.39, 0.29) is 17.6 Å². The van der Waals surface area contributed by atoms with E-state index in [1.165, 1.54) is 6.42 Å². The van der Waals surface area contributed by atoms with Gasteiger partial charge in [0, 0.05) is 19.1 Å². The molecule has 0 amide bonds. The molecule has 2 aliphatic rings. The summed E-state index contributed by atoms with van der Waals surface area (Å²) in [6.07, 6.45) is 3.66. The minimum absolute atomic E-state index is 0.105. The first-order chi connectivity index (χ1) is 9.62. The van der Waals surface area contributed by atoms with Crippen LogP contribution in [-0.2, 0) is 4.74 Å². The Balaban J connectivity index is 2.15. The molecule has 21 heavy (non-hydrogen) atoms. The molecular weight excluding hydrogens is 260 g/mol. The van der Waals surface area contributed by atoms with Crippen LogP contribution in [0.1, 0.15) is 60.8 Å². The maximum absolute atomic E-state index is 9.57. The van der Waals surface area contributed by atoms with E-state index in [1.807, 2.05) is 0 Å². The summed E-state index contributed by atoms with van der Waals surface area (Å²) in [6, 6.07) is 2.98. The SMILES string of the molecule is CC1CN(C2CC(C(C)(C)C)CCC2C#N)CC(C)(C)O1. The standard InChI is InChI=1S/C18H32N2O/c1-13-11-20(12-18(5,6)21-13)16-9-15(17(2,3)4)8-7-14(16)10-19/h13-16H,7-9,11-12H2,1-6H3. The van der Waals surface area contributed by atoms with Crippen LogP contribution >= 0.6 is 0 Å². The number of rotatable bonds is 1. The van der Waals surface area contributed by atoms with Gasteiger partial charge in [-0.3, -0.25) is 4.90 Å². The van der Waals surface area contributed by atoms with E-state index in [1.54, 1.807) is 0 Å². The van der Waals surface area contributed by atoms with Crippen LogP contribution in [0.15, 0.2) is 0 Å². The van der Waals surface area contributed by atoms with Crippen LogP contribution in [0.25, 0.3) is 0 Å². The van der Waals surface area contributed by atoms with Gasteiger partial charge in [0.05, 0.1) is 23.7 Å². The zero-order chi connectivity index (χ0) is 15.8. The van der Waals surface area contributed by atoms with Crippen molar-refractivity contribution in [2.24, 2.45) is 17.3 Å². The average Bonchev–Trinajstić information content (AvgIpc) is 2.34. The number of hydrogen-bond acceptors (Lipinski definition) is 3. The molecular formula is C18H32N2O. The van der Waals surface area contributed by atoms with Crippen molar-refractivity contribution in [2.75, 3.05) is 13.1 Å². The number of morpholine rings is 1. The lowest BCUT2D eigenvalue weighted by atomic mass is 9.67. The summed E-state index contributed by atoms with van der Waals surface area (Å²) in [5.41, 5.74) is 0.235. The Morgan fingerprint density at radius 1 is 1.24 bits per heavy atom. The number of nitriles is 1. The number of nitrogens with zero attached hydrogens (tertiary/aromatic N) is 2. The first-order valence-corrected chi connectivity index (χ1v) is 8.44. The number of hydrogen-bond donors (Lipinski definition) is 0. The summed E-state index contributed by atoms with van der Waals surface area (Å²) in [6.45, 7) is 15.4. The molecule has 120 valence electrons. The molecule has 3 nitrogen and oxygen atoms in total. The van der Waals surface area contributed by atoms with Crippen molar-refractivity contribution in [3.63, 3.8) is 0 Å². The van der Waals surface area contributed by atoms with Gasteiger partial charge < -0.3 is 4.74 Å². The van der Waals surface area contributed by atoms with E-state index < -0.39 is 0 Å². The lowest BCUT2D eigenvalue weighted by Gasteiger charge is -2.49. The van der Waals surface area contributed by atoms with Crippen molar-refractivity contribution in [2.45, 2.75) is 78.6 Å². The van der Waals surface area contributed by atoms with Gasteiger partial charge in [-0.25, -0.2) is 0 Å². The summed E-state index contributed by atoms with van der Waals surface area (Å²) < 4.78 is 6.03. The van der Waals surface area contributed by atoms with Gasteiger partial charge in [-0.2, -0.15) is 5.26 Å². The minimum atomic E-state index is -0.105. The summed E-state index contributed by atoms with van der Waals surface area (Å²) >= 11 is 0. The molecule has 1 saturated carbocycles. The highest BCUT2D eigenvalue weighted by Gasteiger charge is 2.42. The zero-order valence-corrected chi connectivity index (χ0v) is 14.6. The van der Waals surface area contributed by atoms with Gasteiger partial charge in [0.15, 0.2) is 0 Å². The highest BCUT2D eigenvalue weighted by Crippen LogP contribution is 2.42. The van der Waals surface area contributed by atoms with E-state index in [9.17, 15) is 5.26 Å². The summed E-state index contributed by atoms with van der Waals surface area (Å²) in [4.78, 5) is 2.54. The van der Waals surface area contributed by atoms with Crippen LogP contribution < -0.4 is 0 Å². The Labute approximate surface area is 130 Å². The molecule has 4 atom stereocenters. The third-order valence-electron chi connectivity index (χ3n) is 5.27. The van der Waals surface area contributed by atoms with Crippen LogP contribution in [0, 0.1) is 28.6 Å². The van der Waals surface area contributed by atoms with E-state index in [0.29, 0.717) is 17.4 Å². The summed E-state index contributed by atoms with van der Waals surface area (Å²) in [5.74, 6) is 0.901. The van der Waals surface area contributed by atoms with Gasteiger partial charge in [0.1, 0.15) is 0 Å². The third-order valence-corrected chi connectivity index (χ3v) is 5.27. The number of ether oxygens (including phenoxy) is 1. The van der Waals surface area contributed by atoms with Crippen molar-refractivity contribution in [1.82, 2.24) is 4.90 Å². The van der Waals surface area contributed by atoms with Crippen molar-refractivity contribution < 1.29 is 4.74 Å². The van der Waals surface area contributed by atoms with Crippen molar-refractivity contribution in [3.05, 3.63) is 0 Å². The topological polar surface area (TPSA) is 36.3 Å². The van der Waals surface area contributed by atoms with Crippen LogP contribution in [-0.4, -0.2) is 35.7 Å². The van der Waals surface area contributed by atoms with Gasteiger partial charge in [0.2, 0.25) is 0 Å². The Kier molecular flexibility index (Phi) is 4.71. The predicted octanol–water partition coefficient (Wildman–Crippen LogP) is 3.84. The highest BCUT2D eigenvalue weighted by atomic mass is 16.5. The van der Waals surface area contributed by atoms with Crippen molar-refractivity contribution in [3.8, 4) is 6.07 Å². The molecule has 1 aliphatic carbocycles. The second-order valence-corrected chi connectivity index (χ2v) is 8.80. The van der Waals surface area contributed by atoms with E-state index in [2.05, 4.69) is 52.5 Å². The molecule has 2 fully saturated rings. The molecule has 4 unspecified atom stereocenters. The smallest absolute Gasteiger partial charge is 0.0757 e. The van der Waals surface area contributed by atoms with Crippen LogP contribution in [0.4, 0.5) is 0 Å². The quantitative estimate of drug-likeness (QED) is 0.736.